The molecule has 0 aromatic heterocycles. The summed E-state index contributed by atoms with van der Waals surface area (Å²) in [5, 5.41) is 3.53. The number of hydrogen-bond acceptors (Lipinski definition) is 5. The molecule has 2 heterocycles. The van der Waals surface area contributed by atoms with Crippen LogP contribution in [-0.2, 0) is 14.6 Å². The minimum absolute atomic E-state index is 0.214. The minimum atomic E-state index is -2.76. The Labute approximate surface area is 110 Å². The van der Waals surface area contributed by atoms with Crippen molar-refractivity contribution in [3.8, 4) is 0 Å². The molecule has 1 unspecified atom stereocenters. The number of ether oxygens (including phenoxy) is 1. The Morgan fingerprint density at radius 1 is 1.28 bits per heavy atom. The second-order valence-electron chi connectivity index (χ2n) is 5.38. The fourth-order valence-corrected chi connectivity index (χ4v) is 4.46. The summed E-state index contributed by atoms with van der Waals surface area (Å²) in [6.45, 7) is 3.55. The van der Waals surface area contributed by atoms with Crippen molar-refractivity contribution in [2.75, 3.05) is 44.9 Å². The molecule has 2 aliphatic rings. The van der Waals surface area contributed by atoms with Gasteiger partial charge in [-0.05, 0) is 26.3 Å². The molecular weight excluding hydrogens is 252 g/mol. The van der Waals surface area contributed by atoms with E-state index in [0.717, 1.165) is 45.6 Å². The fraction of sp³-hybridized carbons (Fsp3) is 1.00. The van der Waals surface area contributed by atoms with Crippen molar-refractivity contribution in [3.05, 3.63) is 0 Å². The highest BCUT2D eigenvalue weighted by atomic mass is 32.2. The van der Waals surface area contributed by atoms with Crippen molar-refractivity contribution in [1.29, 1.82) is 0 Å². The molecule has 0 aromatic carbocycles. The lowest BCUT2D eigenvalue weighted by molar-refractivity contribution is 0.0771. The molecule has 0 aliphatic carbocycles. The van der Waals surface area contributed by atoms with Crippen molar-refractivity contribution in [2.24, 2.45) is 0 Å². The van der Waals surface area contributed by atoms with Gasteiger partial charge in [0.25, 0.3) is 0 Å². The lowest BCUT2D eigenvalue weighted by Crippen LogP contribution is -2.42. The predicted molar refractivity (Wildman–Crippen MR) is 71.5 cm³/mol. The second-order valence-corrected chi connectivity index (χ2v) is 7.61. The molecule has 2 fully saturated rings. The average Bonchev–Trinajstić information content (AvgIpc) is 2.71. The van der Waals surface area contributed by atoms with Gasteiger partial charge in [0.2, 0.25) is 0 Å². The van der Waals surface area contributed by atoms with Crippen molar-refractivity contribution >= 4 is 9.84 Å². The number of hydrogen-bond donors (Lipinski definition) is 1. The molecule has 6 heteroatoms. The van der Waals surface area contributed by atoms with Gasteiger partial charge in [0.1, 0.15) is 0 Å². The Hall–Kier alpha value is -0.170. The zero-order valence-electron chi connectivity index (χ0n) is 11.1. The van der Waals surface area contributed by atoms with Gasteiger partial charge in [-0.1, -0.05) is 0 Å². The second kappa shape index (κ2) is 6.32. The van der Waals surface area contributed by atoms with E-state index >= 15 is 0 Å². The van der Waals surface area contributed by atoms with Crippen LogP contribution >= 0.6 is 0 Å². The summed E-state index contributed by atoms with van der Waals surface area (Å²) in [6, 6.07) is 0.783. The Morgan fingerprint density at radius 2 is 2.00 bits per heavy atom. The van der Waals surface area contributed by atoms with E-state index in [4.69, 9.17) is 4.74 Å². The Kier molecular flexibility index (Phi) is 5.00. The van der Waals surface area contributed by atoms with Gasteiger partial charge >= 0.3 is 0 Å². The van der Waals surface area contributed by atoms with Crippen LogP contribution < -0.4 is 5.32 Å². The lowest BCUT2D eigenvalue weighted by atomic mass is 10.1. The van der Waals surface area contributed by atoms with E-state index in [1.165, 1.54) is 0 Å². The maximum absolute atomic E-state index is 11.4. The summed E-state index contributed by atoms with van der Waals surface area (Å²) in [4.78, 5) is 2.18. The monoisotopic (exact) mass is 276 g/mol. The van der Waals surface area contributed by atoms with Crippen molar-refractivity contribution < 1.29 is 13.2 Å². The molecule has 106 valence electrons. The topological polar surface area (TPSA) is 58.6 Å². The summed E-state index contributed by atoms with van der Waals surface area (Å²) in [6.07, 6.45) is 2.96. The van der Waals surface area contributed by atoms with Crippen LogP contribution in [0.1, 0.15) is 19.3 Å². The summed E-state index contributed by atoms with van der Waals surface area (Å²) >= 11 is 0. The molecule has 0 aromatic rings. The summed E-state index contributed by atoms with van der Waals surface area (Å²) < 4.78 is 28.1. The Morgan fingerprint density at radius 3 is 2.61 bits per heavy atom. The van der Waals surface area contributed by atoms with Crippen LogP contribution in [0.3, 0.4) is 0 Å². The summed E-state index contributed by atoms with van der Waals surface area (Å²) in [5.41, 5.74) is 0. The van der Waals surface area contributed by atoms with E-state index < -0.39 is 9.84 Å². The molecule has 0 saturated carbocycles. The van der Waals surface area contributed by atoms with Gasteiger partial charge in [-0.3, -0.25) is 0 Å². The molecule has 0 spiro atoms. The van der Waals surface area contributed by atoms with Gasteiger partial charge in [-0.25, -0.2) is 8.42 Å². The van der Waals surface area contributed by atoms with E-state index in [0.29, 0.717) is 17.5 Å². The molecule has 1 atom stereocenters. The third-order valence-corrected chi connectivity index (χ3v) is 5.70. The lowest BCUT2D eigenvalue weighted by Gasteiger charge is -2.27. The third kappa shape index (κ3) is 4.19. The van der Waals surface area contributed by atoms with Gasteiger partial charge in [-0.2, -0.15) is 0 Å². The average molecular weight is 276 g/mol. The largest absolute Gasteiger partial charge is 0.381 e. The first-order valence-corrected chi connectivity index (χ1v) is 8.61. The molecule has 5 nitrogen and oxygen atoms in total. The van der Waals surface area contributed by atoms with Crippen molar-refractivity contribution in [3.63, 3.8) is 0 Å². The Balaban J connectivity index is 1.64. The summed E-state index contributed by atoms with van der Waals surface area (Å²) in [5.74, 6) is 0.691. The van der Waals surface area contributed by atoms with Crippen LogP contribution in [0.4, 0.5) is 0 Å². The molecule has 2 saturated heterocycles. The highest BCUT2D eigenvalue weighted by Gasteiger charge is 2.30. The van der Waals surface area contributed by atoms with Gasteiger partial charge in [0.15, 0.2) is 9.84 Å². The van der Waals surface area contributed by atoms with Crippen LogP contribution in [0.25, 0.3) is 0 Å². The highest BCUT2D eigenvalue weighted by Crippen LogP contribution is 2.16. The fourth-order valence-electron chi connectivity index (χ4n) is 2.65. The maximum Gasteiger partial charge on any atom is 0.151 e. The molecule has 2 rings (SSSR count). The van der Waals surface area contributed by atoms with E-state index in [-0.39, 0.29) is 6.04 Å². The van der Waals surface area contributed by atoms with Gasteiger partial charge in [0, 0.05) is 38.4 Å². The van der Waals surface area contributed by atoms with E-state index in [9.17, 15) is 8.42 Å². The van der Waals surface area contributed by atoms with Crippen LogP contribution in [0.2, 0.25) is 0 Å². The highest BCUT2D eigenvalue weighted by molar-refractivity contribution is 7.91. The molecule has 0 amide bonds. The minimum Gasteiger partial charge on any atom is -0.381 e. The van der Waals surface area contributed by atoms with Crippen LogP contribution in [-0.4, -0.2) is 70.3 Å². The van der Waals surface area contributed by atoms with E-state index in [2.05, 4.69) is 10.2 Å². The molecule has 18 heavy (non-hydrogen) atoms. The van der Waals surface area contributed by atoms with Gasteiger partial charge in [0.05, 0.1) is 11.5 Å². The zero-order valence-corrected chi connectivity index (χ0v) is 11.9. The van der Waals surface area contributed by atoms with Crippen LogP contribution in [0.5, 0.6) is 0 Å². The van der Waals surface area contributed by atoms with Crippen molar-refractivity contribution in [2.45, 2.75) is 31.3 Å². The van der Waals surface area contributed by atoms with E-state index in [1.807, 2.05) is 7.05 Å². The first-order valence-electron chi connectivity index (χ1n) is 6.78. The SMILES string of the molecule is CN(CCNC1CCOCC1)C1CCS(=O)(=O)C1. The van der Waals surface area contributed by atoms with Gasteiger partial charge in [-0.15, -0.1) is 0 Å². The molecular formula is C12H24N2O3S. The molecule has 0 bridgehead atoms. The number of sulfone groups is 1. The van der Waals surface area contributed by atoms with Crippen LogP contribution in [0.15, 0.2) is 0 Å². The standard InChI is InChI=1S/C12H24N2O3S/c1-14(12-4-9-18(15,16)10-12)6-5-13-11-2-7-17-8-3-11/h11-13H,2-10H2,1H3. The number of nitrogens with one attached hydrogen (secondary N) is 1. The first kappa shape index (κ1) is 14.2. The zero-order chi connectivity index (χ0) is 13.0. The quantitative estimate of drug-likeness (QED) is 0.758. The number of nitrogens with zero attached hydrogens (tertiary/aromatic N) is 1. The summed E-state index contributed by atoms with van der Waals surface area (Å²) in [7, 11) is -0.740. The first-order chi connectivity index (χ1) is 8.57. The smallest absolute Gasteiger partial charge is 0.151 e. The van der Waals surface area contributed by atoms with Crippen molar-refractivity contribution in [1.82, 2.24) is 10.2 Å². The maximum atomic E-state index is 11.4. The number of likely N-dealkylation sites (N-methyl/N-ethyl adjacent to an activating group) is 1. The Bertz CT molecular complexity index is 352. The van der Waals surface area contributed by atoms with Gasteiger partial charge < -0.3 is 15.0 Å². The normalized spacial score (nSPS) is 28.9. The number of rotatable bonds is 5. The van der Waals surface area contributed by atoms with Crippen LogP contribution in [0, 0.1) is 0 Å². The molecule has 2 aliphatic heterocycles. The third-order valence-electron chi connectivity index (χ3n) is 3.95. The molecule has 1 N–H and O–H groups in total. The molecule has 0 radical (unpaired) electrons. The predicted octanol–water partition coefficient (Wildman–Crippen LogP) is -0.126. The van der Waals surface area contributed by atoms with E-state index in [1.54, 1.807) is 0 Å².